The van der Waals surface area contributed by atoms with Crippen molar-refractivity contribution in [3.8, 4) is 11.8 Å². The van der Waals surface area contributed by atoms with Gasteiger partial charge in [0, 0.05) is 5.56 Å². The molecule has 0 aliphatic carbocycles. The Bertz CT molecular complexity index is 461. The number of methoxy groups -OCH3 is 1. The van der Waals surface area contributed by atoms with Gasteiger partial charge >= 0.3 is 0 Å². The third kappa shape index (κ3) is 1.82. The van der Waals surface area contributed by atoms with Crippen molar-refractivity contribution in [1.29, 1.82) is 5.26 Å². The zero-order chi connectivity index (χ0) is 11.6. The van der Waals surface area contributed by atoms with Crippen LogP contribution in [0.4, 0.5) is 8.78 Å². The number of rotatable bonds is 2. The monoisotopic (exact) mass is 209 g/mol. The number of ether oxygens (including phenoxy) is 1. The van der Waals surface area contributed by atoms with Crippen LogP contribution in [-0.2, 0) is 0 Å². The summed E-state index contributed by atoms with van der Waals surface area (Å²) in [5, 5.41) is 8.70. The highest BCUT2D eigenvalue weighted by molar-refractivity contribution is 5.69. The van der Waals surface area contributed by atoms with E-state index in [0.29, 0.717) is 5.57 Å². The predicted molar refractivity (Wildman–Crippen MR) is 52.3 cm³/mol. The van der Waals surface area contributed by atoms with E-state index in [1.807, 2.05) is 0 Å². The predicted octanol–water partition coefficient (Wildman–Crippen LogP) is 2.88. The number of hydrogen-bond donors (Lipinski definition) is 0. The Morgan fingerprint density at radius 2 is 2.07 bits per heavy atom. The first-order valence-corrected chi connectivity index (χ1v) is 4.14. The highest BCUT2D eigenvalue weighted by atomic mass is 19.2. The minimum Gasteiger partial charge on any atom is -0.494 e. The number of nitrogens with zero attached hydrogens (tertiary/aromatic N) is 1. The number of nitriles is 1. The van der Waals surface area contributed by atoms with Gasteiger partial charge in [0.2, 0.25) is 5.82 Å². The summed E-state index contributed by atoms with van der Waals surface area (Å²) in [6.07, 6.45) is 0. The molecule has 0 radical (unpaired) electrons. The smallest absolute Gasteiger partial charge is 0.202 e. The minimum atomic E-state index is -1.20. The van der Waals surface area contributed by atoms with Gasteiger partial charge in [0.05, 0.1) is 12.7 Å². The average molecular weight is 209 g/mol. The molecule has 0 amide bonds. The van der Waals surface area contributed by atoms with Gasteiger partial charge in [-0.05, 0) is 18.6 Å². The summed E-state index contributed by atoms with van der Waals surface area (Å²) in [6, 6.07) is 2.87. The van der Waals surface area contributed by atoms with Crippen molar-refractivity contribution in [3.63, 3.8) is 0 Å². The summed E-state index contributed by atoms with van der Waals surface area (Å²) in [7, 11) is 1.23. The van der Waals surface area contributed by atoms with Gasteiger partial charge in [0.25, 0.3) is 0 Å². The maximum atomic E-state index is 13.4. The van der Waals surface area contributed by atoms with E-state index in [2.05, 4.69) is 11.3 Å². The zero-order valence-corrected chi connectivity index (χ0v) is 8.40. The molecule has 0 aliphatic heterocycles. The van der Waals surface area contributed by atoms with Crippen molar-refractivity contribution in [2.24, 2.45) is 0 Å². The Balaban J connectivity index is 3.60. The van der Waals surface area contributed by atoms with Crippen LogP contribution in [-0.4, -0.2) is 7.11 Å². The van der Waals surface area contributed by atoms with Crippen LogP contribution in [0.1, 0.15) is 18.1 Å². The van der Waals surface area contributed by atoms with Gasteiger partial charge in [-0.15, -0.1) is 0 Å². The molecule has 0 aromatic heterocycles. The van der Waals surface area contributed by atoms with Crippen molar-refractivity contribution in [1.82, 2.24) is 0 Å². The first-order valence-electron chi connectivity index (χ1n) is 4.14. The molecule has 0 bridgehead atoms. The van der Waals surface area contributed by atoms with Gasteiger partial charge in [0.15, 0.2) is 11.6 Å². The molecule has 0 fully saturated rings. The standard InChI is InChI=1S/C11H9F2NO/c1-6(2)7-4-9(15-3)11(13)10(12)8(7)5-14/h4H,1H2,2-3H3. The normalized spacial score (nSPS) is 9.53. The molecule has 0 spiro atoms. The number of benzene rings is 1. The molecule has 0 aliphatic rings. The molecule has 0 unspecified atom stereocenters. The molecule has 2 nitrogen and oxygen atoms in total. The summed E-state index contributed by atoms with van der Waals surface area (Å²) >= 11 is 0. The quantitative estimate of drug-likeness (QED) is 0.750. The van der Waals surface area contributed by atoms with Crippen LogP contribution in [0.5, 0.6) is 5.75 Å². The van der Waals surface area contributed by atoms with Crippen molar-refractivity contribution >= 4 is 5.57 Å². The van der Waals surface area contributed by atoms with Gasteiger partial charge in [-0.2, -0.15) is 9.65 Å². The maximum Gasteiger partial charge on any atom is 0.202 e. The lowest BCUT2D eigenvalue weighted by Gasteiger charge is -2.09. The third-order valence-corrected chi connectivity index (χ3v) is 1.96. The summed E-state index contributed by atoms with van der Waals surface area (Å²) < 4.78 is 31.2. The molecule has 15 heavy (non-hydrogen) atoms. The molecule has 1 aromatic carbocycles. The zero-order valence-electron chi connectivity index (χ0n) is 8.40. The highest BCUT2D eigenvalue weighted by Gasteiger charge is 2.18. The number of hydrogen-bond acceptors (Lipinski definition) is 2. The van der Waals surface area contributed by atoms with E-state index in [4.69, 9.17) is 5.26 Å². The lowest BCUT2D eigenvalue weighted by Crippen LogP contribution is -1.99. The van der Waals surface area contributed by atoms with Crippen molar-refractivity contribution in [3.05, 3.63) is 35.4 Å². The van der Waals surface area contributed by atoms with Crippen molar-refractivity contribution in [2.75, 3.05) is 7.11 Å². The molecule has 0 N–H and O–H groups in total. The lowest BCUT2D eigenvalue weighted by atomic mass is 10.0. The van der Waals surface area contributed by atoms with Gasteiger partial charge in [-0.1, -0.05) is 6.58 Å². The molecule has 4 heteroatoms. The molecule has 0 saturated heterocycles. The second kappa shape index (κ2) is 4.09. The number of halogens is 2. The molecular formula is C11H9F2NO. The Kier molecular flexibility index (Phi) is 3.05. The van der Waals surface area contributed by atoms with E-state index in [1.165, 1.54) is 13.2 Å². The van der Waals surface area contributed by atoms with E-state index in [0.717, 1.165) is 0 Å². The van der Waals surface area contributed by atoms with Gasteiger partial charge in [-0.3, -0.25) is 0 Å². The SMILES string of the molecule is C=C(C)c1cc(OC)c(F)c(F)c1C#N. The van der Waals surface area contributed by atoms with E-state index < -0.39 is 11.6 Å². The summed E-state index contributed by atoms with van der Waals surface area (Å²) in [5.41, 5.74) is 0.387. The van der Waals surface area contributed by atoms with Gasteiger partial charge in [-0.25, -0.2) is 4.39 Å². The molecular weight excluding hydrogens is 200 g/mol. The second-order valence-electron chi connectivity index (χ2n) is 3.02. The largest absolute Gasteiger partial charge is 0.494 e. The fraction of sp³-hybridized carbons (Fsp3) is 0.182. The number of allylic oxidation sites excluding steroid dienone is 1. The first kappa shape index (κ1) is 11.2. The van der Waals surface area contributed by atoms with Crippen LogP contribution < -0.4 is 4.74 Å². The minimum absolute atomic E-state index is 0.232. The fourth-order valence-corrected chi connectivity index (χ4v) is 1.20. The van der Waals surface area contributed by atoms with E-state index in [1.54, 1.807) is 13.0 Å². The fourth-order valence-electron chi connectivity index (χ4n) is 1.20. The van der Waals surface area contributed by atoms with Crippen LogP contribution in [0.15, 0.2) is 12.6 Å². The van der Waals surface area contributed by atoms with E-state index in [9.17, 15) is 8.78 Å². The summed E-state index contributed by atoms with van der Waals surface area (Å²) in [5.74, 6) is -2.58. The highest BCUT2D eigenvalue weighted by Crippen LogP contribution is 2.29. The first-order chi connectivity index (χ1) is 7.02. The van der Waals surface area contributed by atoms with Crippen molar-refractivity contribution < 1.29 is 13.5 Å². The van der Waals surface area contributed by atoms with Crippen LogP contribution in [0.3, 0.4) is 0 Å². The average Bonchev–Trinajstić information content (AvgIpc) is 2.21. The topological polar surface area (TPSA) is 33.0 Å². The molecule has 78 valence electrons. The summed E-state index contributed by atoms with van der Waals surface area (Å²) in [6.45, 7) is 5.19. The van der Waals surface area contributed by atoms with E-state index in [-0.39, 0.29) is 16.9 Å². The van der Waals surface area contributed by atoms with Gasteiger partial charge in [0.1, 0.15) is 6.07 Å². The van der Waals surface area contributed by atoms with Crippen LogP contribution in [0, 0.1) is 23.0 Å². The maximum absolute atomic E-state index is 13.4. The van der Waals surface area contributed by atoms with Crippen LogP contribution >= 0.6 is 0 Å². The van der Waals surface area contributed by atoms with Crippen molar-refractivity contribution in [2.45, 2.75) is 6.92 Å². The second-order valence-corrected chi connectivity index (χ2v) is 3.02. The molecule has 0 saturated carbocycles. The molecule has 1 rings (SSSR count). The van der Waals surface area contributed by atoms with Crippen LogP contribution in [0.2, 0.25) is 0 Å². The van der Waals surface area contributed by atoms with E-state index >= 15 is 0 Å². The molecule has 1 aromatic rings. The Morgan fingerprint density at radius 1 is 1.47 bits per heavy atom. The molecule has 0 heterocycles. The Hall–Kier alpha value is -1.89. The van der Waals surface area contributed by atoms with Crippen LogP contribution in [0.25, 0.3) is 5.57 Å². The Labute approximate surface area is 86.4 Å². The molecule has 0 atom stereocenters. The van der Waals surface area contributed by atoms with Gasteiger partial charge < -0.3 is 4.74 Å². The third-order valence-electron chi connectivity index (χ3n) is 1.96. The lowest BCUT2D eigenvalue weighted by molar-refractivity contribution is 0.371. The Morgan fingerprint density at radius 3 is 2.47 bits per heavy atom. The summed E-state index contributed by atoms with van der Waals surface area (Å²) in [4.78, 5) is 0.